The van der Waals surface area contributed by atoms with Crippen molar-refractivity contribution < 1.29 is 9.59 Å². The van der Waals surface area contributed by atoms with Crippen molar-refractivity contribution in [1.82, 2.24) is 0 Å². The van der Waals surface area contributed by atoms with E-state index in [1.54, 1.807) is 29.2 Å². The minimum Gasteiger partial charge on any atom is -0.298 e. The Balaban J connectivity index is 2.24. The molecule has 0 N–H and O–H groups in total. The first-order chi connectivity index (χ1) is 8.76. The van der Waals surface area contributed by atoms with Gasteiger partial charge in [-0.15, -0.1) is 41.4 Å². The van der Waals surface area contributed by atoms with Gasteiger partial charge in [-0.05, 0) is 11.4 Å². The topological polar surface area (TPSA) is 34.1 Å². The molecule has 1 aliphatic rings. The van der Waals surface area contributed by atoms with Crippen LogP contribution in [0, 0.1) is 0 Å². The van der Waals surface area contributed by atoms with Gasteiger partial charge in [-0.2, -0.15) is 0 Å². The lowest BCUT2D eigenvalue weighted by Gasteiger charge is -2.22. The molecule has 0 spiro atoms. The normalized spacial score (nSPS) is 20.0. The van der Waals surface area contributed by atoms with Crippen LogP contribution in [0.2, 0.25) is 0 Å². The molecule has 0 fully saturated rings. The van der Waals surface area contributed by atoms with Crippen LogP contribution in [0.25, 0.3) is 0 Å². The van der Waals surface area contributed by atoms with E-state index in [9.17, 15) is 9.59 Å². The summed E-state index contributed by atoms with van der Waals surface area (Å²) in [6.45, 7) is 3.66. The van der Waals surface area contributed by atoms with Crippen LogP contribution in [0.1, 0.15) is 16.5 Å². The second-order valence-corrected chi connectivity index (χ2v) is 7.15. The van der Waals surface area contributed by atoms with Crippen LogP contribution in [-0.4, -0.2) is 17.8 Å². The van der Waals surface area contributed by atoms with E-state index < -0.39 is 0 Å². The largest absolute Gasteiger partial charge is 0.298 e. The molecule has 0 aromatic carbocycles. The molecular formula is C13H12O2S3. The number of aldehydes is 1. The van der Waals surface area contributed by atoms with E-state index in [-0.39, 0.29) is 11.0 Å². The predicted molar refractivity (Wildman–Crippen MR) is 80.0 cm³/mol. The Bertz CT molecular complexity index is 488. The van der Waals surface area contributed by atoms with Gasteiger partial charge in [0.05, 0.1) is 15.1 Å². The van der Waals surface area contributed by atoms with Gasteiger partial charge in [-0.3, -0.25) is 9.59 Å². The Morgan fingerprint density at radius 3 is 3.00 bits per heavy atom. The molecule has 0 saturated carbocycles. The lowest BCUT2D eigenvalue weighted by molar-refractivity contribution is -0.117. The number of hydrogen-bond donors (Lipinski definition) is 0. The molecule has 1 atom stereocenters. The summed E-state index contributed by atoms with van der Waals surface area (Å²) < 4.78 is 0.833. The third-order valence-corrected chi connectivity index (χ3v) is 6.25. The Hall–Kier alpha value is -0.780. The van der Waals surface area contributed by atoms with Crippen LogP contribution in [0.5, 0.6) is 0 Å². The number of carbonyl (C=O) groups is 2. The quantitative estimate of drug-likeness (QED) is 0.470. The summed E-state index contributed by atoms with van der Waals surface area (Å²) in [7, 11) is 0. The zero-order valence-electron chi connectivity index (χ0n) is 9.63. The first-order valence-corrected chi connectivity index (χ1v) is 8.17. The number of allylic oxidation sites excluding steroid dienone is 1. The molecule has 0 radical (unpaired) electrons. The number of thiophene rings is 1. The van der Waals surface area contributed by atoms with E-state index in [1.807, 2.05) is 17.5 Å². The zero-order chi connectivity index (χ0) is 13.0. The maximum Gasteiger partial charge on any atom is 0.169 e. The minimum absolute atomic E-state index is 0.0475. The van der Waals surface area contributed by atoms with Gasteiger partial charge in [0.15, 0.2) is 12.1 Å². The van der Waals surface area contributed by atoms with Crippen LogP contribution in [0.15, 0.2) is 40.0 Å². The average molecular weight is 296 g/mol. The van der Waals surface area contributed by atoms with Crippen molar-refractivity contribution in [2.45, 2.75) is 11.7 Å². The maximum absolute atomic E-state index is 12.0. The van der Waals surface area contributed by atoms with E-state index in [0.717, 1.165) is 4.24 Å². The van der Waals surface area contributed by atoms with E-state index in [1.165, 1.54) is 16.6 Å². The maximum atomic E-state index is 12.0. The van der Waals surface area contributed by atoms with Crippen LogP contribution >= 0.6 is 34.9 Å². The monoisotopic (exact) mass is 296 g/mol. The number of hydrogen-bond acceptors (Lipinski definition) is 5. The van der Waals surface area contributed by atoms with Crippen molar-refractivity contribution >= 4 is 46.9 Å². The molecule has 1 aromatic rings. The molecule has 94 valence electrons. The zero-order valence-corrected chi connectivity index (χ0v) is 12.1. The van der Waals surface area contributed by atoms with Crippen molar-refractivity contribution in [3.8, 4) is 0 Å². The third-order valence-electron chi connectivity index (χ3n) is 2.45. The molecule has 1 aliphatic heterocycles. The van der Waals surface area contributed by atoms with Gasteiger partial charge in [0.1, 0.15) is 0 Å². The molecule has 1 aromatic heterocycles. The molecule has 5 heteroatoms. The second kappa shape index (κ2) is 6.41. The summed E-state index contributed by atoms with van der Waals surface area (Å²) in [5.41, 5.74) is 0.333. The van der Waals surface area contributed by atoms with Gasteiger partial charge in [0, 0.05) is 17.1 Å². The lowest BCUT2D eigenvalue weighted by atomic mass is 10.1. The molecule has 0 amide bonds. The van der Waals surface area contributed by atoms with E-state index in [4.69, 9.17) is 0 Å². The molecule has 0 bridgehead atoms. The summed E-state index contributed by atoms with van der Waals surface area (Å²) in [5, 5.41) is 2.16. The number of carbonyl (C=O) groups excluding carboxylic acids is 2. The second-order valence-electron chi connectivity index (χ2n) is 3.67. The molecule has 2 nitrogen and oxygen atoms in total. The summed E-state index contributed by atoms with van der Waals surface area (Å²) in [4.78, 5) is 24.2. The van der Waals surface area contributed by atoms with Crippen LogP contribution in [0.4, 0.5) is 0 Å². The Kier molecular flexibility index (Phi) is 4.86. The molecule has 0 saturated heterocycles. The Labute approximate surface area is 119 Å². The minimum atomic E-state index is -0.0475. The third kappa shape index (κ3) is 2.96. The van der Waals surface area contributed by atoms with Gasteiger partial charge in [0.25, 0.3) is 0 Å². The highest BCUT2D eigenvalue weighted by molar-refractivity contribution is 8.22. The highest BCUT2D eigenvalue weighted by Crippen LogP contribution is 2.48. The fraction of sp³-hybridized carbons (Fsp3) is 0.231. The smallest absolute Gasteiger partial charge is 0.169 e. The van der Waals surface area contributed by atoms with Crippen LogP contribution < -0.4 is 0 Å². The summed E-state index contributed by atoms with van der Waals surface area (Å²) >= 11 is 4.78. The van der Waals surface area contributed by atoms with Crippen molar-refractivity contribution in [3.63, 3.8) is 0 Å². The highest BCUT2D eigenvalue weighted by Gasteiger charge is 2.29. The molecule has 2 heterocycles. The number of ketones is 1. The van der Waals surface area contributed by atoms with E-state index in [0.29, 0.717) is 24.0 Å². The first kappa shape index (κ1) is 13.6. The van der Waals surface area contributed by atoms with E-state index in [2.05, 4.69) is 6.58 Å². The first-order valence-electron chi connectivity index (χ1n) is 5.42. The summed E-state index contributed by atoms with van der Waals surface area (Å²) in [6.07, 6.45) is 2.88. The van der Waals surface area contributed by atoms with Gasteiger partial charge in [0.2, 0.25) is 0 Å². The fourth-order valence-electron chi connectivity index (χ4n) is 1.62. The Morgan fingerprint density at radius 2 is 2.39 bits per heavy atom. The van der Waals surface area contributed by atoms with Crippen molar-refractivity contribution in [2.24, 2.45) is 0 Å². The van der Waals surface area contributed by atoms with Crippen LogP contribution in [-0.2, 0) is 9.59 Å². The van der Waals surface area contributed by atoms with Crippen molar-refractivity contribution in [3.05, 3.63) is 44.9 Å². The molecule has 18 heavy (non-hydrogen) atoms. The predicted octanol–water partition coefficient (Wildman–Crippen LogP) is 3.82. The summed E-state index contributed by atoms with van der Waals surface area (Å²) in [6, 6.07) is 4.03. The van der Waals surface area contributed by atoms with Crippen molar-refractivity contribution in [2.75, 3.05) is 5.75 Å². The van der Waals surface area contributed by atoms with Crippen molar-refractivity contribution in [1.29, 1.82) is 0 Å². The number of Topliss-reactive ketones (excluding diaryl/α,β-unsaturated/α-hetero) is 1. The average Bonchev–Trinajstić information content (AvgIpc) is 2.89. The van der Waals surface area contributed by atoms with Gasteiger partial charge in [-0.1, -0.05) is 12.1 Å². The van der Waals surface area contributed by atoms with Gasteiger partial charge in [-0.25, -0.2) is 0 Å². The van der Waals surface area contributed by atoms with Crippen LogP contribution in [0.3, 0.4) is 0 Å². The number of rotatable bonds is 5. The highest BCUT2D eigenvalue weighted by atomic mass is 32.2. The molecule has 2 rings (SSSR count). The van der Waals surface area contributed by atoms with Gasteiger partial charge >= 0.3 is 0 Å². The lowest BCUT2D eigenvalue weighted by Crippen LogP contribution is -2.14. The van der Waals surface area contributed by atoms with Gasteiger partial charge < -0.3 is 0 Å². The summed E-state index contributed by atoms with van der Waals surface area (Å²) in [5.74, 6) is 0.665. The SMILES string of the molecule is C=CCSC1=C(C=O)C(=O)C[C@@H](c2cccs2)S1. The standard InChI is InChI=1S/C13H12O2S3/c1-2-5-17-13-9(8-14)10(15)7-12(18-13)11-4-3-6-16-11/h2-4,6,8,12H,1,5,7H2/t12-/m0/s1. The van der Waals surface area contributed by atoms with E-state index >= 15 is 0 Å². The number of thioether (sulfide) groups is 2. The molecular weight excluding hydrogens is 284 g/mol. The Morgan fingerprint density at radius 1 is 1.56 bits per heavy atom. The molecule has 0 aliphatic carbocycles. The fourth-order valence-corrected chi connectivity index (χ4v) is 5.03. The molecule has 0 unspecified atom stereocenters.